The van der Waals surface area contributed by atoms with Crippen LogP contribution in [0.3, 0.4) is 0 Å². The normalized spacial score (nSPS) is 11.1. The van der Waals surface area contributed by atoms with E-state index in [4.69, 9.17) is 0 Å². The van der Waals surface area contributed by atoms with Gasteiger partial charge in [0.1, 0.15) is 0 Å². The van der Waals surface area contributed by atoms with Gasteiger partial charge < -0.3 is 0 Å². The molecule has 7 heteroatoms. The van der Waals surface area contributed by atoms with Crippen LogP contribution < -0.4 is 18.3 Å². The Bertz CT molecular complexity index is 1270. The smallest absolute Gasteiger partial charge is 0.188 e. The third-order valence-corrected chi connectivity index (χ3v) is 8.74. The third kappa shape index (κ3) is 13.4. The Balaban J connectivity index is 0. The summed E-state index contributed by atoms with van der Waals surface area (Å²) in [4.78, 5) is 0. The van der Waals surface area contributed by atoms with E-state index in [9.17, 15) is 0 Å². The molecule has 0 bridgehead atoms. The molecular weight excluding hydrogens is 609 g/mol. The van der Waals surface area contributed by atoms with Gasteiger partial charge in [-0.15, -0.1) is 0 Å². The maximum atomic E-state index is 2.37. The lowest BCUT2D eigenvalue weighted by Crippen LogP contribution is -2.55. The fourth-order valence-electron chi connectivity index (χ4n) is 4.12. The number of pyridine rings is 1. The van der Waals surface area contributed by atoms with Gasteiger partial charge in [-0.05, 0) is 6.07 Å². The summed E-state index contributed by atoms with van der Waals surface area (Å²) < 4.78 is 9.44. The fourth-order valence-corrected chi connectivity index (χ4v) is 7.37. The number of nitrogens with zero attached hydrogens (tertiary/aromatic N) is 4. The van der Waals surface area contributed by atoms with Gasteiger partial charge >= 0.3 is 15.0 Å². The van der Waals surface area contributed by atoms with Crippen LogP contribution in [0.15, 0.2) is 59.1 Å². The lowest BCUT2D eigenvalue weighted by Gasteiger charge is -2.17. The minimum Gasteiger partial charge on any atom is -0.188 e. The van der Waals surface area contributed by atoms with Crippen LogP contribution in [0, 0.1) is 0 Å². The molecule has 45 heavy (non-hydrogen) atoms. The standard InChI is InChI=1S/C16H24N2S.C14H22N2S2.4C2H6/c1-15(2,3)17-10-8-7-9-13(17)14-18(11-12-19-14)16(4,5)6;1-13(2,3)15-7-9-17-11(15)12-16(8-10-18-12)14(4,5)6;4*1-2/h7-12H,1-6H3;7-10H,1-6H3;4*1-2H3/q2*+2;;;;. The Morgan fingerprint density at radius 1 is 0.378 bits per heavy atom. The molecule has 0 aliphatic heterocycles. The van der Waals surface area contributed by atoms with Crippen molar-refractivity contribution in [3.63, 3.8) is 0 Å². The van der Waals surface area contributed by atoms with E-state index < -0.39 is 0 Å². The fraction of sp³-hybridized carbons (Fsp3) is 0.632. The summed E-state index contributed by atoms with van der Waals surface area (Å²) in [7, 11) is 0. The largest absolute Gasteiger partial charge is 0.346 e. The highest BCUT2D eigenvalue weighted by Gasteiger charge is 2.38. The monoisotopic (exact) mass is 678 g/mol. The van der Waals surface area contributed by atoms with Gasteiger partial charge in [-0.3, -0.25) is 0 Å². The highest BCUT2D eigenvalue weighted by Crippen LogP contribution is 2.26. The van der Waals surface area contributed by atoms with E-state index in [2.05, 4.69) is 160 Å². The highest BCUT2D eigenvalue weighted by atomic mass is 32.1. The molecule has 0 aliphatic carbocycles. The van der Waals surface area contributed by atoms with E-state index in [1.807, 2.05) is 78.1 Å². The van der Waals surface area contributed by atoms with E-state index >= 15 is 0 Å². The van der Waals surface area contributed by atoms with Crippen molar-refractivity contribution in [2.75, 3.05) is 0 Å². The van der Waals surface area contributed by atoms with Gasteiger partial charge in [-0.2, -0.15) is 18.3 Å². The Kier molecular flexibility index (Phi) is 20.4. The van der Waals surface area contributed by atoms with Gasteiger partial charge in [0.05, 0.1) is 16.1 Å². The van der Waals surface area contributed by atoms with Crippen molar-refractivity contribution in [3.05, 3.63) is 59.1 Å². The molecule has 0 fully saturated rings. The Morgan fingerprint density at radius 2 is 0.667 bits per heavy atom. The highest BCUT2D eigenvalue weighted by molar-refractivity contribution is 7.19. The molecule has 0 spiro atoms. The molecule has 0 aromatic carbocycles. The van der Waals surface area contributed by atoms with Crippen molar-refractivity contribution in [1.82, 2.24) is 0 Å². The molecule has 4 heterocycles. The summed E-state index contributed by atoms with van der Waals surface area (Å²) >= 11 is 5.44. The predicted molar refractivity (Wildman–Crippen MR) is 204 cm³/mol. The second-order valence-electron chi connectivity index (χ2n) is 13.4. The first-order chi connectivity index (χ1) is 20.9. The minimum absolute atomic E-state index is 0.0797. The molecule has 0 aliphatic rings. The average molecular weight is 679 g/mol. The molecule has 0 atom stereocenters. The number of rotatable bonds is 2. The van der Waals surface area contributed by atoms with Crippen LogP contribution in [0.5, 0.6) is 0 Å². The van der Waals surface area contributed by atoms with E-state index in [0.29, 0.717) is 0 Å². The van der Waals surface area contributed by atoms with Crippen LogP contribution in [0.2, 0.25) is 0 Å². The van der Waals surface area contributed by atoms with Gasteiger partial charge in [-0.25, -0.2) is 0 Å². The van der Waals surface area contributed by atoms with E-state index in [1.165, 1.54) is 20.7 Å². The quantitative estimate of drug-likeness (QED) is 0.188. The minimum atomic E-state index is 0.0797. The van der Waals surface area contributed by atoms with Crippen molar-refractivity contribution < 1.29 is 18.3 Å². The first-order valence-corrected chi connectivity index (χ1v) is 19.6. The molecule has 0 amide bonds. The first-order valence-electron chi connectivity index (χ1n) is 16.9. The first kappa shape index (κ1) is 45.2. The Labute approximate surface area is 291 Å². The van der Waals surface area contributed by atoms with Gasteiger partial charge in [0, 0.05) is 95.2 Å². The van der Waals surface area contributed by atoms with Gasteiger partial charge in [0.25, 0.3) is 5.69 Å². The van der Waals surface area contributed by atoms with Crippen molar-refractivity contribution in [1.29, 1.82) is 0 Å². The van der Waals surface area contributed by atoms with Crippen LogP contribution in [-0.2, 0) is 22.2 Å². The zero-order chi connectivity index (χ0) is 35.8. The maximum Gasteiger partial charge on any atom is 0.346 e. The summed E-state index contributed by atoms with van der Waals surface area (Å²) in [5.41, 5.74) is 1.70. The van der Waals surface area contributed by atoms with Gasteiger partial charge in [0.15, 0.2) is 46.9 Å². The Morgan fingerprint density at radius 3 is 0.978 bits per heavy atom. The number of hydrogen-bond acceptors (Lipinski definition) is 3. The van der Waals surface area contributed by atoms with Crippen molar-refractivity contribution in [3.8, 4) is 20.7 Å². The molecule has 0 unspecified atom stereocenters. The number of hydrogen-bond donors (Lipinski definition) is 0. The molecule has 0 N–H and O–H groups in total. The number of thiazole rings is 3. The topological polar surface area (TPSA) is 15.5 Å². The molecule has 256 valence electrons. The third-order valence-electron chi connectivity index (χ3n) is 5.98. The molecule has 4 rings (SSSR count). The molecular formula is C38H70N4S3+4. The zero-order valence-electron chi connectivity index (χ0n) is 32.8. The SMILES string of the molecule is CC.CC.CC.CC.CC(C)(C)[n+]1ccccc1-c1scc[n+]1C(C)(C)C.CC(C)(C)[n+]1ccsc1-c1scc[n+]1C(C)(C)C. The van der Waals surface area contributed by atoms with E-state index in [0.717, 1.165) is 0 Å². The maximum absolute atomic E-state index is 2.37. The number of aromatic nitrogens is 4. The zero-order valence-corrected chi connectivity index (χ0v) is 35.2. The molecule has 0 radical (unpaired) electrons. The molecule has 0 saturated heterocycles. The van der Waals surface area contributed by atoms with Crippen LogP contribution in [0.4, 0.5) is 0 Å². The van der Waals surface area contributed by atoms with Crippen LogP contribution >= 0.6 is 34.0 Å². The molecule has 4 nitrogen and oxygen atoms in total. The van der Waals surface area contributed by atoms with E-state index in [1.54, 1.807) is 11.3 Å². The lowest BCUT2D eigenvalue weighted by molar-refractivity contribution is -0.768. The average Bonchev–Trinajstić information content (AvgIpc) is 3.77. The van der Waals surface area contributed by atoms with Crippen molar-refractivity contribution in [2.45, 2.75) is 161 Å². The van der Waals surface area contributed by atoms with E-state index in [-0.39, 0.29) is 22.2 Å². The lowest BCUT2D eigenvalue weighted by atomic mass is 10.1. The molecule has 4 aromatic heterocycles. The van der Waals surface area contributed by atoms with Gasteiger partial charge in [0.2, 0.25) is 0 Å². The second kappa shape index (κ2) is 20.3. The van der Waals surface area contributed by atoms with Crippen molar-refractivity contribution >= 4 is 34.0 Å². The molecule has 0 saturated carbocycles. The summed E-state index contributed by atoms with van der Waals surface area (Å²) in [6.07, 6.45) is 8.72. The summed E-state index contributed by atoms with van der Waals surface area (Å²) in [6, 6.07) is 6.42. The predicted octanol–water partition coefficient (Wildman–Crippen LogP) is 11.2. The van der Waals surface area contributed by atoms with Crippen molar-refractivity contribution in [2.24, 2.45) is 0 Å². The van der Waals surface area contributed by atoms with Crippen LogP contribution in [0.25, 0.3) is 20.7 Å². The molecule has 4 aromatic rings. The summed E-state index contributed by atoms with van der Waals surface area (Å²) in [6.45, 7) is 42.9. The van der Waals surface area contributed by atoms with Crippen LogP contribution in [0.1, 0.15) is 138 Å². The summed E-state index contributed by atoms with van der Waals surface area (Å²) in [5, 5.41) is 10.5. The summed E-state index contributed by atoms with van der Waals surface area (Å²) in [5.74, 6) is 0. The van der Waals surface area contributed by atoms with Crippen LogP contribution in [-0.4, -0.2) is 0 Å². The second-order valence-corrected chi connectivity index (χ2v) is 16.1. The van der Waals surface area contributed by atoms with Gasteiger partial charge in [-0.1, -0.05) is 89.4 Å². The Hall–Kier alpha value is -1.96.